The van der Waals surface area contributed by atoms with E-state index in [1.165, 1.54) is 31.4 Å². The lowest BCUT2D eigenvalue weighted by Crippen LogP contribution is -2.26. The van der Waals surface area contributed by atoms with Gasteiger partial charge in [0.15, 0.2) is 0 Å². The van der Waals surface area contributed by atoms with E-state index in [0.717, 1.165) is 0 Å². The number of unbranched alkanes of at least 4 members (excludes halogenated alkanes) is 1. The minimum absolute atomic E-state index is 0.602. The van der Waals surface area contributed by atoms with E-state index >= 15 is 0 Å². The highest BCUT2D eigenvalue weighted by atomic mass is 14.9. The Hall–Kier alpha value is -0.980. The van der Waals surface area contributed by atoms with E-state index in [1.807, 2.05) is 6.08 Å². The van der Waals surface area contributed by atoms with Crippen molar-refractivity contribution in [2.45, 2.75) is 52.5 Å². The first-order valence-corrected chi connectivity index (χ1v) is 6.00. The maximum absolute atomic E-state index is 3.67. The fraction of sp³-hybridized carbons (Fsp3) is 0.571. The summed E-state index contributed by atoms with van der Waals surface area (Å²) in [6.45, 7) is 10.2. The summed E-state index contributed by atoms with van der Waals surface area (Å²) in [7, 11) is 0. The monoisotopic (exact) mass is 207 g/mol. The molecule has 1 atom stereocenters. The molecular formula is C14H25N. The third kappa shape index (κ3) is 7.01. The molecule has 1 N–H and O–H groups in total. The smallest absolute Gasteiger partial charge is 0.0298 e. The van der Waals surface area contributed by atoms with Gasteiger partial charge in [0, 0.05) is 11.7 Å². The second-order valence-electron chi connectivity index (χ2n) is 3.73. The molecule has 0 radical (unpaired) electrons. The maximum Gasteiger partial charge on any atom is 0.0298 e. The Kier molecular flexibility index (Phi) is 8.95. The van der Waals surface area contributed by atoms with Gasteiger partial charge in [-0.1, -0.05) is 51.5 Å². The highest BCUT2D eigenvalue weighted by Crippen LogP contribution is 2.07. The van der Waals surface area contributed by atoms with Crippen LogP contribution in [0.3, 0.4) is 0 Å². The van der Waals surface area contributed by atoms with Gasteiger partial charge >= 0.3 is 0 Å². The average molecular weight is 207 g/mol. The second kappa shape index (κ2) is 9.57. The van der Waals surface area contributed by atoms with E-state index in [4.69, 9.17) is 0 Å². The van der Waals surface area contributed by atoms with Crippen LogP contribution in [-0.4, -0.2) is 6.04 Å². The van der Waals surface area contributed by atoms with E-state index < -0.39 is 0 Å². The first-order chi connectivity index (χ1) is 7.28. The molecule has 0 saturated heterocycles. The maximum atomic E-state index is 3.67. The lowest BCUT2D eigenvalue weighted by Gasteiger charge is -2.18. The van der Waals surface area contributed by atoms with E-state index in [1.54, 1.807) is 6.08 Å². The van der Waals surface area contributed by atoms with Crippen molar-refractivity contribution in [2.24, 2.45) is 0 Å². The molecule has 0 rings (SSSR count). The van der Waals surface area contributed by atoms with Crippen molar-refractivity contribution in [3.05, 3.63) is 36.6 Å². The number of hydrogen-bond donors (Lipinski definition) is 1. The van der Waals surface area contributed by atoms with Crippen LogP contribution < -0.4 is 5.32 Å². The summed E-state index contributed by atoms with van der Waals surface area (Å²) in [5.41, 5.74) is 1.19. The number of allylic oxidation sites excluding steroid dienone is 4. The third-order valence-electron chi connectivity index (χ3n) is 2.49. The molecule has 0 aliphatic carbocycles. The molecule has 0 fully saturated rings. The Morgan fingerprint density at radius 3 is 2.60 bits per heavy atom. The second-order valence-corrected chi connectivity index (χ2v) is 3.73. The molecule has 0 bridgehead atoms. The van der Waals surface area contributed by atoms with Crippen LogP contribution in [0.25, 0.3) is 0 Å². The SMILES string of the molecule is C=C/C=C\C(=C/C)N[C@@H](CC)CCCC. The predicted octanol–water partition coefficient (Wildman–Crippen LogP) is 4.19. The first kappa shape index (κ1) is 14.0. The molecule has 0 aliphatic heterocycles. The lowest BCUT2D eigenvalue weighted by atomic mass is 10.1. The molecule has 0 saturated carbocycles. The van der Waals surface area contributed by atoms with Crippen LogP contribution in [0, 0.1) is 0 Å². The zero-order chi connectivity index (χ0) is 11.5. The Morgan fingerprint density at radius 2 is 2.13 bits per heavy atom. The predicted molar refractivity (Wildman–Crippen MR) is 69.8 cm³/mol. The lowest BCUT2D eigenvalue weighted by molar-refractivity contribution is 0.495. The van der Waals surface area contributed by atoms with Gasteiger partial charge in [0.25, 0.3) is 0 Å². The third-order valence-corrected chi connectivity index (χ3v) is 2.49. The molecule has 1 heteroatoms. The summed E-state index contributed by atoms with van der Waals surface area (Å²) in [5, 5.41) is 3.55. The van der Waals surface area contributed by atoms with E-state index in [9.17, 15) is 0 Å². The Balaban J connectivity index is 4.12. The Morgan fingerprint density at radius 1 is 1.40 bits per heavy atom. The summed E-state index contributed by atoms with van der Waals surface area (Å²) in [6.07, 6.45) is 13.0. The molecule has 0 spiro atoms. The fourth-order valence-electron chi connectivity index (χ4n) is 1.46. The van der Waals surface area contributed by atoms with Gasteiger partial charge in [-0.05, 0) is 25.8 Å². The molecule has 0 amide bonds. The van der Waals surface area contributed by atoms with Crippen molar-refractivity contribution in [3.63, 3.8) is 0 Å². The van der Waals surface area contributed by atoms with Crippen molar-refractivity contribution in [2.75, 3.05) is 0 Å². The number of nitrogens with one attached hydrogen (secondary N) is 1. The standard InChI is InChI=1S/C14H25N/c1-5-9-11-13(7-3)15-14(8-4)12-10-6-2/h5,7,9,11,14-15H,1,6,8,10,12H2,2-4H3/b11-9-,13-7+/t14-/m0/s1. The van der Waals surface area contributed by atoms with Crippen molar-refractivity contribution in [1.29, 1.82) is 0 Å². The normalized spacial score (nSPS) is 14.2. The number of rotatable bonds is 8. The molecule has 0 aromatic heterocycles. The molecule has 1 nitrogen and oxygen atoms in total. The average Bonchev–Trinajstić information content (AvgIpc) is 2.28. The summed E-state index contributed by atoms with van der Waals surface area (Å²) < 4.78 is 0. The van der Waals surface area contributed by atoms with Gasteiger partial charge in [-0.25, -0.2) is 0 Å². The highest BCUT2D eigenvalue weighted by molar-refractivity contribution is 5.19. The molecule has 86 valence electrons. The highest BCUT2D eigenvalue weighted by Gasteiger charge is 2.04. The summed E-state index contributed by atoms with van der Waals surface area (Å²) in [5.74, 6) is 0. The summed E-state index contributed by atoms with van der Waals surface area (Å²) in [4.78, 5) is 0. The summed E-state index contributed by atoms with van der Waals surface area (Å²) >= 11 is 0. The molecule has 0 aromatic rings. The molecule has 0 unspecified atom stereocenters. The van der Waals surface area contributed by atoms with Crippen LogP contribution in [0.2, 0.25) is 0 Å². The minimum atomic E-state index is 0.602. The van der Waals surface area contributed by atoms with Gasteiger partial charge in [-0.2, -0.15) is 0 Å². The molecule has 0 aromatic carbocycles. The van der Waals surface area contributed by atoms with Gasteiger partial charge in [0.2, 0.25) is 0 Å². The van der Waals surface area contributed by atoms with Crippen LogP contribution in [-0.2, 0) is 0 Å². The van der Waals surface area contributed by atoms with Crippen molar-refractivity contribution in [3.8, 4) is 0 Å². The van der Waals surface area contributed by atoms with Gasteiger partial charge in [0.05, 0.1) is 0 Å². The van der Waals surface area contributed by atoms with E-state index in [0.29, 0.717) is 6.04 Å². The van der Waals surface area contributed by atoms with Crippen LogP contribution in [0.5, 0.6) is 0 Å². The molecule has 15 heavy (non-hydrogen) atoms. The van der Waals surface area contributed by atoms with Crippen molar-refractivity contribution >= 4 is 0 Å². The minimum Gasteiger partial charge on any atom is -0.383 e. The fourth-order valence-corrected chi connectivity index (χ4v) is 1.46. The van der Waals surface area contributed by atoms with E-state index in [2.05, 4.69) is 44.8 Å². The van der Waals surface area contributed by atoms with Crippen molar-refractivity contribution in [1.82, 2.24) is 5.32 Å². The Bertz CT molecular complexity index is 213. The molecular weight excluding hydrogens is 182 g/mol. The zero-order valence-corrected chi connectivity index (χ0v) is 10.4. The van der Waals surface area contributed by atoms with Gasteiger partial charge in [0.1, 0.15) is 0 Å². The van der Waals surface area contributed by atoms with E-state index in [-0.39, 0.29) is 0 Å². The van der Waals surface area contributed by atoms with Crippen LogP contribution in [0.1, 0.15) is 46.5 Å². The first-order valence-electron chi connectivity index (χ1n) is 6.00. The topological polar surface area (TPSA) is 12.0 Å². The van der Waals surface area contributed by atoms with Crippen LogP contribution in [0.15, 0.2) is 36.6 Å². The van der Waals surface area contributed by atoms with Crippen LogP contribution >= 0.6 is 0 Å². The Labute approximate surface area is 95.0 Å². The van der Waals surface area contributed by atoms with Crippen molar-refractivity contribution < 1.29 is 0 Å². The van der Waals surface area contributed by atoms with Crippen LogP contribution in [0.4, 0.5) is 0 Å². The van der Waals surface area contributed by atoms with Gasteiger partial charge in [-0.3, -0.25) is 0 Å². The zero-order valence-electron chi connectivity index (χ0n) is 10.4. The quantitative estimate of drug-likeness (QED) is 0.588. The summed E-state index contributed by atoms with van der Waals surface area (Å²) in [6, 6.07) is 0.602. The van der Waals surface area contributed by atoms with Gasteiger partial charge < -0.3 is 5.32 Å². The largest absolute Gasteiger partial charge is 0.383 e. The molecule has 0 heterocycles. The van der Waals surface area contributed by atoms with Gasteiger partial charge in [-0.15, -0.1) is 0 Å². The molecule has 0 aliphatic rings. The number of hydrogen-bond acceptors (Lipinski definition) is 1.